The third-order valence-corrected chi connectivity index (χ3v) is 8.78. The third-order valence-electron chi connectivity index (χ3n) is 8.78. The Hall–Kier alpha value is -4.36. The van der Waals surface area contributed by atoms with E-state index in [1.807, 2.05) is 0 Å². The molecule has 3 aliphatic heterocycles. The standard InChI is InChI=1S/C34H36F2N4O6/c1-18-20(7-6-10-26(18)38-31(42)24-16-39(2)33-34(46-33)40(3)32(24)43)22-9-5-8-21(30(22)36)19-13-25(35)23(29(14-19)44-4)15-37-27-11-12-45-17-28(27)41/h5-10,13-14,16,27-28,33-34,37,41H,11-12,15,17H2,1-4H3,(H,38,42)/t27-,28+,33?,34?/m0/s1. The Morgan fingerprint density at radius 3 is 2.59 bits per heavy atom. The number of nitrogens with zero attached hydrogens (tertiary/aromatic N) is 2. The average Bonchev–Trinajstić information content (AvgIpc) is 3.86. The van der Waals surface area contributed by atoms with Gasteiger partial charge in [-0.2, -0.15) is 0 Å². The van der Waals surface area contributed by atoms with Crippen LogP contribution < -0.4 is 15.4 Å². The first-order valence-electron chi connectivity index (χ1n) is 15.0. The minimum absolute atomic E-state index is 0.0441. The Balaban J connectivity index is 1.26. The molecule has 3 aromatic carbocycles. The van der Waals surface area contributed by atoms with Gasteiger partial charge in [-0.1, -0.05) is 30.3 Å². The van der Waals surface area contributed by atoms with Crippen molar-refractivity contribution >= 4 is 17.5 Å². The highest BCUT2D eigenvalue weighted by Gasteiger charge is 2.50. The first-order valence-corrected chi connectivity index (χ1v) is 15.0. The zero-order valence-electron chi connectivity index (χ0n) is 26.0. The Kier molecular flexibility index (Phi) is 8.80. The molecule has 3 N–H and O–H groups in total. The maximum atomic E-state index is 16.3. The molecule has 12 heteroatoms. The van der Waals surface area contributed by atoms with Gasteiger partial charge >= 0.3 is 0 Å². The lowest BCUT2D eigenvalue weighted by atomic mass is 9.94. The van der Waals surface area contributed by atoms with Crippen LogP contribution in [0.15, 0.2) is 60.3 Å². The van der Waals surface area contributed by atoms with Gasteiger partial charge in [-0.3, -0.25) is 9.59 Å². The summed E-state index contributed by atoms with van der Waals surface area (Å²) in [6.07, 6.45) is 0.650. The molecule has 242 valence electrons. The molecule has 2 saturated heterocycles. The number of aliphatic hydroxyl groups is 1. The van der Waals surface area contributed by atoms with Crippen LogP contribution in [0.4, 0.5) is 14.5 Å². The summed E-state index contributed by atoms with van der Waals surface area (Å²) in [4.78, 5) is 29.3. The van der Waals surface area contributed by atoms with Gasteiger partial charge in [0.05, 0.1) is 19.8 Å². The van der Waals surface area contributed by atoms with Crippen molar-refractivity contribution in [1.29, 1.82) is 0 Å². The SMILES string of the molecule is COc1cc(-c2cccc(-c3cccc(NC(=O)C4=CN(C)C5OC5N(C)C4=O)c3C)c2F)cc(F)c1CN[C@H]1CCOC[C@H]1O. The van der Waals surface area contributed by atoms with E-state index in [9.17, 15) is 14.7 Å². The summed E-state index contributed by atoms with van der Waals surface area (Å²) in [5.41, 5.74) is 2.46. The summed E-state index contributed by atoms with van der Waals surface area (Å²) in [5.74, 6) is -1.96. The van der Waals surface area contributed by atoms with Gasteiger partial charge in [0.25, 0.3) is 11.8 Å². The number of carbonyl (C=O) groups excluding carboxylic acids is 2. The number of halogens is 2. The molecule has 3 aromatic rings. The second-order valence-electron chi connectivity index (χ2n) is 11.7. The zero-order chi connectivity index (χ0) is 32.7. The first kappa shape index (κ1) is 31.6. The lowest BCUT2D eigenvalue weighted by molar-refractivity contribution is -0.129. The highest BCUT2D eigenvalue weighted by Crippen LogP contribution is 2.38. The zero-order valence-corrected chi connectivity index (χ0v) is 26.0. The molecule has 0 aromatic heterocycles. The number of amides is 2. The fraction of sp³-hybridized carbons (Fsp3) is 0.353. The number of carbonyl (C=O) groups is 2. The summed E-state index contributed by atoms with van der Waals surface area (Å²) in [6.45, 7) is 2.58. The number of methoxy groups -OCH3 is 1. The highest BCUT2D eigenvalue weighted by atomic mass is 19.1. The van der Waals surface area contributed by atoms with Gasteiger partial charge in [0.2, 0.25) is 0 Å². The minimum Gasteiger partial charge on any atom is -0.496 e. The topological polar surface area (TPSA) is 116 Å². The largest absolute Gasteiger partial charge is 0.496 e. The van der Waals surface area contributed by atoms with E-state index in [-0.39, 0.29) is 53.4 Å². The molecule has 0 bridgehead atoms. The van der Waals surface area contributed by atoms with Crippen molar-refractivity contribution in [3.63, 3.8) is 0 Å². The molecule has 46 heavy (non-hydrogen) atoms. The predicted molar refractivity (Wildman–Crippen MR) is 166 cm³/mol. The molecular formula is C34H36F2N4O6. The maximum Gasteiger partial charge on any atom is 0.262 e. The van der Waals surface area contributed by atoms with Crippen molar-refractivity contribution in [2.24, 2.45) is 0 Å². The van der Waals surface area contributed by atoms with Crippen molar-refractivity contribution in [3.05, 3.63) is 83.1 Å². The Labute approximate surface area is 265 Å². The number of aliphatic hydroxyl groups excluding tert-OH is 1. The molecule has 0 aliphatic carbocycles. The molecule has 10 nitrogen and oxygen atoms in total. The van der Waals surface area contributed by atoms with E-state index in [4.69, 9.17) is 14.2 Å². The molecule has 2 unspecified atom stereocenters. The molecule has 4 atom stereocenters. The second-order valence-corrected chi connectivity index (χ2v) is 11.7. The number of hydrogen-bond acceptors (Lipinski definition) is 8. The molecule has 2 amide bonds. The van der Waals surface area contributed by atoms with Crippen LogP contribution in [-0.2, 0) is 25.6 Å². The normalized spacial score (nSPS) is 22.6. The predicted octanol–water partition coefficient (Wildman–Crippen LogP) is 3.76. The molecule has 2 fully saturated rings. The summed E-state index contributed by atoms with van der Waals surface area (Å²) < 4.78 is 48.0. The molecule has 3 heterocycles. The molecule has 6 rings (SSSR count). The summed E-state index contributed by atoms with van der Waals surface area (Å²) >= 11 is 0. The molecule has 0 saturated carbocycles. The van der Waals surface area contributed by atoms with Crippen LogP contribution in [-0.4, -0.2) is 85.7 Å². The Morgan fingerprint density at radius 2 is 1.83 bits per heavy atom. The fourth-order valence-corrected chi connectivity index (χ4v) is 6.00. The van der Waals surface area contributed by atoms with Gasteiger partial charge in [-0.25, -0.2) is 8.78 Å². The van der Waals surface area contributed by atoms with Crippen molar-refractivity contribution < 1.29 is 37.7 Å². The van der Waals surface area contributed by atoms with Gasteiger partial charge in [0, 0.05) is 61.9 Å². The van der Waals surface area contributed by atoms with Crippen molar-refractivity contribution in [2.45, 2.75) is 44.5 Å². The number of epoxide rings is 1. The van der Waals surface area contributed by atoms with Gasteiger partial charge in [-0.15, -0.1) is 0 Å². The van der Waals surface area contributed by atoms with E-state index in [1.54, 1.807) is 68.4 Å². The van der Waals surface area contributed by atoms with Crippen molar-refractivity contribution in [3.8, 4) is 28.0 Å². The van der Waals surface area contributed by atoms with Crippen LogP contribution in [0.5, 0.6) is 5.75 Å². The number of nitrogens with one attached hydrogen (secondary N) is 2. The number of likely N-dealkylation sites (N-methyl/N-ethyl adjacent to an activating group) is 2. The van der Waals surface area contributed by atoms with E-state index < -0.39 is 35.8 Å². The van der Waals surface area contributed by atoms with Gasteiger partial charge in [-0.05, 0) is 48.2 Å². The van der Waals surface area contributed by atoms with E-state index >= 15 is 8.78 Å². The van der Waals surface area contributed by atoms with Crippen molar-refractivity contribution in [1.82, 2.24) is 15.1 Å². The fourth-order valence-electron chi connectivity index (χ4n) is 6.00. The number of benzene rings is 3. The molecule has 3 aliphatic rings. The monoisotopic (exact) mass is 634 g/mol. The molecule has 0 spiro atoms. The lowest BCUT2D eigenvalue weighted by Gasteiger charge is -2.29. The van der Waals surface area contributed by atoms with Crippen LogP contribution in [0, 0.1) is 18.6 Å². The smallest absolute Gasteiger partial charge is 0.262 e. The van der Waals surface area contributed by atoms with E-state index in [1.165, 1.54) is 24.3 Å². The minimum atomic E-state index is -0.699. The van der Waals surface area contributed by atoms with Crippen LogP contribution in [0.3, 0.4) is 0 Å². The summed E-state index contributed by atoms with van der Waals surface area (Å²) in [7, 11) is 4.74. The molecule has 0 radical (unpaired) electrons. The average molecular weight is 635 g/mol. The van der Waals surface area contributed by atoms with Crippen LogP contribution in [0.25, 0.3) is 22.3 Å². The molecular weight excluding hydrogens is 598 g/mol. The Morgan fingerprint density at radius 1 is 1.09 bits per heavy atom. The van der Waals surface area contributed by atoms with Crippen LogP contribution in [0.2, 0.25) is 0 Å². The number of ether oxygens (including phenoxy) is 3. The van der Waals surface area contributed by atoms with Crippen LogP contribution in [0.1, 0.15) is 17.5 Å². The summed E-state index contributed by atoms with van der Waals surface area (Å²) in [6, 6.07) is 12.6. The van der Waals surface area contributed by atoms with E-state index in [0.717, 1.165) is 0 Å². The van der Waals surface area contributed by atoms with Crippen molar-refractivity contribution in [2.75, 3.05) is 39.7 Å². The number of hydrogen-bond donors (Lipinski definition) is 3. The number of anilines is 1. The summed E-state index contributed by atoms with van der Waals surface area (Å²) in [5, 5.41) is 16.2. The third kappa shape index (κ3) is 5.96. The number of rotatable bonds is 8. The van der Waals surface area contributed by atoms with Gasteiger partial charge in [0.15, 0.2) is 12.5 Å². The lowest BCUT2D eigenvalue weighted by Crippen LogP contribution is -2.46. The maximum absolute atomic E-state index is 16.3. The Bertz CT molecular complexity index is 1720. The quantitative estimate of drug-likeness (QED) is 0.254. The van der Waals surface area contributed by atoms with E-state index in [0.29, 0.717) is 35.4 Å². The first-order chi connectivity index (χ1) is 22.1. The van der Waals surface area contributed by atoms with Gasteiger partial charge < -0.3 is 39.8 Å². The highest BCUT2D eigenvalue weighted by molar-refractivity contribution is 6.23. The van der Waals surface area contributed by atoms with E-state index in [2.05, 4.69) is 10.6 Å². The van der Waals surface area contributed by atoms with Gasteiger partial charge in [0.1, 0.15) is 23.0 Å². The second kappa shape index (κ2) is 12.8. The van der Waals surface area contributed by atoms with Crippen LogP contribution >= 0.6 is 0 Å². The number of fused-ring (bicyclic) bond motifs is 1.